The molecule has 1 aromatic heterocycles. The van der Waals surface area contributed by atoms with Gasteiger partial charge >= 0.3 is 5.97 Å². The zero-order valence-electron chi connectivity index (χ0n) is 21.0. The van der Waals surface area contributed by atoms with Crippen molar-refractivity contribution < 1.29 is 33.7 Å². The van der Waals surface area contributed by atoms with Gasteiger partial charge in [-0.25, -0.2) is 9.18 Å². The summed E-state index contributed by atoms with van der Waals surface area (Å²) in [5, 5.41) is 19.6. The van der Waals surface area contributed by atoms with Gasteiger partial charge in [-0.1, -0.05) is 11.6 Å². The molecule has 0 spiro atoms. The molecular weight excluding hydrogens is 519 g/mol. The predicted octanol–water partition coefficient (Wildman–Crippen LogP) is 3.79. The molecule has 0 saturated carbocycles. The number of pyridine rings is 1. The van der Waals surface area contributed by atoms with Gasteiger partial charge < -0.3 is 29.2 Å². The first-order chi connectivity index (χ1) is 18.2. The van der Waals surface area contributed by atoms with Gasteiger partial charge in [0.2, 0.25) is 11.3 Å². The molecule has 11 heteroatoms. The van der Waals surface area contributed by atoms with Gasteiger partial charge in [-0.2, -0.15) is 0 Å². The highest BCUT2D eigenvalue weighted by Crippen LogP contribution is 2.33. The number of aliphatic hydroxyl groups excluding tert-OH is 1. The number of carboxylic acid groups (broad SMARTS) is 1. The Balaban J connectivity index is 1.88. The highest BCUT2D eigenvalue weighted by atomic mass is 35.5. The summed E-state index contributed by atoms with van der Waals surface area (Å²) in [7, 11) is 1.42. The van der Waals surface area contributed by atoms with E-state index >= 15 is 4.39 Å². The molecule has 38 heavy (non-hydrogen) atoms. The second-order valence-corrected chi connectivity index (χ2v) is 9.39. The Kier molecular flexibility index (Phi) is 8.35. The third-order valence-corrected chi connectivity index (χ3v) is 6.91. The van der Waals surface area contributed by atoms with Crippen LogP contribution in [0.25, 0.3) is 10.9 Å². The summed E-state index contributed by atoms with van der Waals surface area (Å²) in [5.74, 6) is -1.84. The van der Waals surface area contributed by atoms with Crippen LogP contribution in [-0.2, 0) is 16.0 Å². The van der Waals surface area contributed by atoms with Crippen LogP contribution in [0.15, 0.2) is 35.3 Å². The minimum Gasteiger partial charge on any atom is -0.496 e. The van der Waals surface area contributed by atoms with Crippen molar-refractivity contribution in [3.05, 3.63) is 68.2 Å². The van der Waals surface area contributed by atoms with Crippen LogP contribution in [0.1, 0.15) is 47.3 Å². The summed E-state index contributed by atoms with van der Waals surface area (Å²) in [6.45, 7) is 2.39. The smallest absolute Gasteiger partial charge is 0.341 e. The van der Waals surface area contributed by atoms with E-state index in [2.05, 4.69) is 0 Å². The molecule has 1 aliphatic rings. The number of aromatic nitrogens is 1. The molecule has 0 aliphatic carbocycles. The number of halogens is 2. The molecule has 3 aromatic rings. The Bertz CT molecular complexity index is 1460. The van der Waals surface area contributed by atoms with Gasteiger partial charge in [0.15, 0.2) is 0 Å². The maximum Gasteiger partial charge on any atom is 0.341 e. The van der Waals surface area contributed by atoms with Gasteiger partial charge in [0.1, 0.15) is 17.1 Å². The first-order valence-corrected chi connectivity index (χ1v) is 12.5. The molecule has 0 radical (unpaired) electrons. The second kappa shape index (κ2) is 11.5. The predicted molar refractivity (Wildman–Crippen MR) is 140 cm³/mol. The zero-order chi connectivity index (χ0) is 27.6. The Hall–Kier alpha value is -3.47. The number of methoxy groups -OCH3 is 1. The number of nitrogens with zero attached hydrogens (tertiary/aromatic N) is 2. The van der Waals surface area contributed by atoms with Crippen LogP contribution < -0.4 is 15.1 Å². The van der Waals surface area contributed by atoms with Crippen molar-refractivity contribution in [3.8, 4) is 5.75 Å². The Labute approximate surface area is 223 Å². The average Bonchev–Trinajstić information content (AvgIpc) is 3.33. The molecule has 2 heterocycles. The van der Waals surface area contributed by atoms with Crippen LogP contribution >= 0.6 is 11.6 Å². The van der Waals surface area contributed by atoms with E-state index in [9.17, 15) is 24.6 Å². The van der Waals surface area contributed by atoms with Crippen LogP contribution in [-0.4, -0.2) is 60.1 Å². The number of carbonyl (C=O) groups is 2. The van der Waals surface area contributed by atoms with E-state index in [1.54, 1.807) is 24.0 Å². The maximum absolute atomic E-state index is 15.1. The fourth-order valence-electron chi connectivity index (χ4n) is 4.72. The lowest BCUT2D eigenvalue weighted by Gasteiger charge is -2.22. The lowest BCUT2D eigenvalue weighted by Crippen LogP contribution is -2.25. The summed E-state index contributed by atoms with van der Waals surface area (Å²) in [4.78, 5) is 38.9. The average molecular weight is 547 g/mol. The fourth-order valence-corrected chi connectivity index (χ4v) is 4.95. The van der Waals surface area contributed by atoms with Crippen LogP contribution in [0.4, 0.5) is 10.1 Å². The molecule has 2 aromatic carbocycles. The van der Waals surface area contributed by atoms with Crippen molar-refractivity contribution in [3.63, 3.8) is 0 Å². The monoisotopic (exact) mass is 546 g/mol. The Morgan fingerprint density at radius 1 is 1.21 bits per heavy atom. The number of aromatic carboxylic acids is 1. The largest absolute Gasteiger partial charge is 0.496 e. The molecule has 1 fully saturated rings. The van der Waals surface area contributed by atoms with Crippen molar-refractivity contribution >= 4 is 40.1 Å². The maximum atomic E-state index is 15.1. The lowest BCUT2D eigenvalue weighted by molar-refractivity contribution is -0.117. The highest BCUT2D eigenvalue weighted by molar-refractivity contribution is 6.31. The van der Waals surface area contributed by atoms with E-state index in [1.165, 1.54) is 30.0 Å². The number of carboxylic acids is 1. The van der Waals surface area contributed by atoms with Gasteiger partial charge in [0.25, 0.3) is 0 Å². The molecule has 1 aliphatic heterocycles. The number of rotatable bonds is 10. The number of amides is 1. The number of ether oxygens (including phenoxy) is 2. The molecule has 1 amide bonds. The number of hydrogen-bond donors (Lipinski definition) is 2. The van der Waals surface area contributed by atoms with E-state index in [0.717, 1.165) is 0 Å². The van der Waals surface area contributed by atoms with Crippen LogP contribution in [0, 0.1) is 5.82 Å². The number of hydrogen-bond acceptors (Lipinski definition) is 6. The molecule has 4 rings (SSSR count). The molecule has 2 N–H and O–H groups in total. The first kappa shape index (κ1) is 27.6. The number of fused-ring (bicyclic) bond motifs is 1. The fraction of sp³-hybridized carbons (Fsp3) is 0.370. The normalized spacial score (nSPS) is 14.3. The van der Waals surface area contributed by atoms with Crippen molar-refractivity contribution in [1.29, 1.82) is 0 Å². The van der Waals surface area contributed by atoms with Crippen LogP contribution in [0.5, 0.6) is 5.75 Å². The van der Waals surface area contributed by atoms with Gasteiger partial charge in [-0.15, -0.1) is 0 Å². The molecule has 1 saturated heterocycles. The van der Waals surface area contributed by atoms with E-state index < -0.39 is 28.8 Å². The summed E-state index contributed by atoms with van der Waals surface area (Å²) >= 11 is 6.18. The molecule has 202 valence electrons. The quantitative estimate of drug-likeness (QED) is 0.397. The second-order valence-electron chi connectivity index (χ2n) is 8.99. The Morgan fingerprint density at radius 3 is 2.58 bits per heavy atom. The van der Waals surface area contributed by atoms with Crippen molar-refractivity contribution in [2.75, 3.05) is 38.4 Å². The SMILES string of the molecule is CCOC[C@@H](CO)n1cc(C(=O)O)c(=O)c2cc(Cc3cc(N4CCCC4=O)cc(Cl)c3F)c(OC)cc21. The summed E-state index contributed by atoms with van der Waals surface area (Å²) < 4.78 is 27.6. The van der Waals surface area contributed by atoms with Crippen molar-refractivity contribution in [2.45, 2.75) is 32.2 Å². The minimum absolute atomic E-state index is 0.0420. The lowest BCUT2D eigenvalue weighted by atomic mass is 9.99. The van der Waals surface area contributed by atoms with E-state index in [0.29, 0.717) is 48.5 Å². The molecular formula is C27H28ClFN2O7. The van der Waals surface area contributed by atoms with E-state index in [4.69, 9.17) is 21.1 Å². The number of aliphatic hydroxyl groups is 1. The molecule has 1 atom stereocenters. The number of anilines is 1. The van der Waals surface area contributed by atoms with Gasteiger partial charge in [0, 0.05) is 49.3 Å². The molecule has 0 bridgehead atoms. The number of benzene rings is 2. The third-order valence-electron chi connectivity index (χ3n) is 6.64. The van der Waals surface area contributed by atoms with Gasteiger partial charge in [0.05, 0.1) is 36.9 Å². The first-order valence-electron chi connectivity index (χ1n) is 12.2. The topological polar surface area (TPSA) is 118 Å². The van der Waals surface area contributed by atoms with Gasteiger partial charge in [-0.3, -0.25) is 9.59 Å². The van der Waals surface area contributed by atoms with E-state index in [1.807, 2.05) is 0 Å². The van der Waals surface area contributed by atoms with Crippen LogP contribution in [0.3, 0.4) is 0 Å². The highest BCUT2D eigenvalue weighted by Gasteiger charge is 2.25. The standard InChI is InChI=1S/C27H28ClFN2O7/c1-3-38-14-18(13-32)31-12-20(27(35)36)26(34)19-9-15(23(37-2)11-22(19)31)7-16-8-17(10-21(28)25(16)29)30-6-4-5-24(30)33/h8-12,18,32H,3-7,13-14H2,1-2H3,(H,35,36)/t18-/m1/s1. The Morgan fingerprint density at radius 2 is 1.97 bits per heavy atom. The van der Waals surface area contributed by atoms with Crippen LogP contribution in [0.2, 0.25) is 5.02 Å². The van der Waals surface area contributed by atoms with Gasteiger partial charge in [-0.05, 0) is 42.7 Å². The zero-order valence-corrected chi connectivity index (χ0v) is 21.8. The van der Waals surface area contributed by atoms with Crippen molar-refractivity contribution in [1.82, 2.24) is 4.57 Å². The van der Waals surface area contributed by atoms with Crippen molar-refractivity contribution in [2.24, 2.45) is 0 Å². The third kappa shape index (κ3) is 5.24. The van der Waals surface area contributed by atoms with E-state index in [-0.39, 0.29) is 41.5 Å². The summed E-state index contributed by atoms with van der Waals surface area (Å²) in [5.41, 5.74) is 0.198. The summed E-state index contributed by atoms with van der Waals surface area (Å²) in [6.07, 6.45) is 2.23. The summed E-state index contributed by atoms with van der Waals surface area (Å²) in [6, 6.07) is 5.31. The number of carbonyl (C=O) groups excluding carboxylic acids is 1. The minimum atomic E-state index is -1.42. The molecule has 0 unspecified atom stereocenters. The molecule has 9 nitrogen and oxygen atoms in total.